The topological polar surface area (TPSA) is 52.7 Å². The first-order valence-electron chi connectivity index (χ1n) is 10.3. The highest BCUT2D eigenvalue weighted by atomic mass is 14.9. The third-order valence-corrected chi connectivity index (χ3v) is 5.09. The molecule has 4 heteroatoms. The van der Waals surface area contributed by atoms with Crippen molar-refractivity contribution in [3.63, 3.8) is 0 Å². The van der Waals surface area contributed by atoms with Gasteiger partial charge >= 0.3 is 0 Å². The first-order valence-corrected chi connectivity index (χ1v) is 10.3. The molecule has 4 rings (SSSR count). The Balaban J connectivity index is 1.35. The van der Waals surface area contributed by atoms with Crippen molar-refractivity contribution >= 4 is 28.0 Å². The van der Waals surface area contributed by atoms with Gasteiger partial charge in [-0.1, -0.05) is 32.0 Å². The Bertz CT molecular complexity index is 1050. The van der Waals surface area contributed by atoms with Gasteiger partial charge in [-0.25, -0.2) is 0 Å². The van der Waals surface area contributed by atoms with Crippen LogP contribution in [0.3, 0.4) is 0 Å². The van der Waals surface area contributed by atoms with E-state index in [1.54, 1.807) is 12.4 Å². The van der Waals surface area contributed by atoms with E-state index in [0.29, 0.717) is 5.92 Å². The fourth-order valence-electron chi connectivity index (χ4n) is 3.71. The number of benzene rings is 2. The quantitative estimate of drug-likeness (QED) is 0.341. The zero-order valence-electron chi connectivity index (χ0n) is 17.1. The smallest absolute Gasteiger partial charge is 0.0489 e. The van der Waals surface area contributed by atoms with Crippen molar-refractivity contribution in [1.29, 1.82) is 0 Å². The number of pyridine rings is 1. The molecule has 148 valence electrons. The maximum Gasteiger partial charge on any atom is 0.0489 e. The molecule has 0 bridgehead atoms. The number of nitrogens with one attached hydrogen (secondary N) is 3. The van der Waals surface area contributed by atoms with Crippen molar-refractivity contribution in [3.8, 4) is 0 Å². The highest BCUT2D eigenvalue weighted by Gasteiger charge is 2.08. The number of para-hydroxylation sites is 1. The third kappa shape index (κ3) is 4.77. The lowest BCUT2D eigenvalue weighted by atomic mass is 9.99. The van der Waals surface area contributed by atoms with Gasteiger partial charge in [-0.15, -0.1) is 0 Å². The molecular formula is C25H28N4. The lowest BCUT2D eigenvalue weighted by Crippen LogP contribution is -2.04. The number of rotatable bonds is 8. The molecule has 0 aliphatic heterocycles. The minimum absolute atomic E-state index is 0.657. The van der Waals surface area contributed by atoms with E-state index in [9.17, 15) is 0 Å². The average molecular weight is 385 g/mol. The van der Waals surface area contributed by atoms with Crippen LogP contribution in [-0.4, -0.2) is 16.5 Å². The molecule has 2 aromatic carbocycles. The van der Waals surface area contributed by atoms with Gasteiger partial charge < -0.3 is 15.6 Å². The van der Waals surface area contributed by atoms with Crippen molar-refractivity contribution in [2.45, 2.75) is 26.7 Å². The lowest BCUT2D eigenvalue weighted by Gasteiger charge is -2.09. The third-order valence-electron chi connectivity index (χ3n) is 5.09. The number of nitrogens with zero attached hydrogens (tertiary/aromatic N) is 1. The molecular weight excluding hydrogens is 356 g/mol. The zero-order chi connectivity index (χ0) is 20.1. The van der Waals surface area contributed by atoms with Gasteiger partial charge in [0.1, 0.15) is 0 Å². The number of fused-ring (bicyclic) bond motifs is 1. The van der Waals surface area contributed by atoms with Crippen LogP contribution in [0.4, 0.5) is 17.1 Å². The summed E-state index contributed by atoms with van der Waals surface area (Å²) in [6.07, 6.45) is 7.83. The predicted molar refractivity (Wildman–Crippen MR) is 123 cm³/mol. The molecule has 0 aliphatic carbocycles. The van der Waals surface area contributed by atoms with E-state index < -0.39 is 0 Å². The molecule has 0 radical (unpaired) electrons. The number of H-pyrrole nitrogens is 1. The van der Waals surface area contributed by atoms with Crippen LogP contribution in [0.15, 0.2) is 73.2 Å². The second-order valence-electron chi connectivity index (χ2n) is 7.87. The Morgan fingerprint density at radius 3 is 2.34 bits per heavy atom. The van der Waals surface area contributed by atoms with Crippen LogP contribution in [0.1, 0.15) is 25.0 Å². The van der Waals surface area contributed by atoms with E-state index in [0.717, 1.165) is 36.4 Å². The summed E-state index contributed by atoms with van der Waals surface area (Å²) in [5, 5.41) is 8.26. The molecule has 4 aromatic rings. The summed E-state index contributed by atoms with van der Waals surface area (Å²) in [5.74, 6) is 0.657. The van der Waals surface area contributed by atoms with Crippen molar-refractivity contribution < 1.29 is 0 Å². The molecule has 0 saturated carbocycles. The Hall–Kier alpha value is -3.27. The molecule has 0 aliphatic rings. The van der Waals surface area contributed by atoms with Crippen molar-refractivity contribution in [2.75, 3.05) is 17.2 Å². The van der Waals surface area contributed by atoms with Gasteiger partial charge in [0.25, 0.3) is 0 Å². The number of hydrogen-bond acceptors (Lipinski definition) is 3. The summed E-state index contributed by atoms with van der Waals surface area (Å²) in [6, 6.07) is 19.0. The predicted octanol–water partition coefficient (Wildman–Crippen LogP) is 6.16. The van der Waals surface area contributed by atoms with Crippen LogP contribution in [-0.2, 0) is 12.8 Å². The monoisotopic (exact) mass is 384 g/mol. The maximum absolute atomic E-state index is 4.04. The van der Waals surface area contributed by atoms with E-state index in [4.69, 9.17) is 0 Å². The molecule has 3 N–H and O–H groups in total. The molecule has 2 aromatic heterocycles. The molecule has 0 fully saturated rings. The first kappa shape index (κ1) is 19.1. The highest BCUT2D eigenvalue weighted by Crippen LogP contribution is 2.24. The van der Waals surface area contributed by atoms with Crippen LogP contribution in [0.2, 0.25) is 0 Å². The van der Waals surface area contributed by atoms with Gasteiger partial charge in [0.15, 0.2) is 0 Å². The van der Waals surface area contributed by atoms with Crippen molar-refractivity contribution in [3.05, 3.63) is 84.3 Å². The first-order chi connectivity index (χ1) is 14.2. The largest absolute Gasteiger partial charge is 0.385 e. The van der Waals surface area contributed by atoms with Crippen LogP contribution in [0.25, 0.3) is 10.9 Å². The van der Waals surface area contributed by atoms with E-state index >= 15 is 0 Å². The van der Waals surface area contributed by atoms with E-state index in [1.165, 1.54) is 22.0 Å². The van der Waals surface area contributed by atoms with Crippen molar-refractivity contribution in [2.24, 2.45) is 5.92 Å². The number of hydrogen-bond donors (Lipinski definition) is 3. The van der Waals surface area contributed by atoms with Gasteiger partial charge in [-0.2, -0.15) is 0 Å². The number of anilines is 3. The molecule has 4 nitrogen and oxygen atoms in total. The molecule has 0 atom stereocenters. The van der Waals surface area contributed by atoms with Crippen LogP contribution in [0, 0.1) is 5.92 Å². The summed E-state index contributed by atoms with van der Waals surface area (Å²) < 4.78 is 0. The van der Waals surface area contributed by atoms with Crippen LogP contribution >= 0.6 is 0 Å². The summed E-state index contributed by atoms with van der Waals surface area (Å²) in [6.45, 7) is 5.44. The Morgan fingerprint density at radius 1 is 0.862 bits per heavy atom. The Labute approximate surface area is 172 Å². The molecule has 0 saturated heterocycles. The summed E-state index contributed by atoms with van der Waals surface area (Å²) in [4.78, 5) is 7.54. The molecule has 0 amide bonds. The van der Waals surface area contributed by atoms with Gasteiger partial charge in [0.2, 0.25) is 0 Å². The van der Waals surface area contributed by atoms with E-state index in [1.807, 2.05) is 12.1 Å². The summed E-state index contributed by atoms with van der Waals surface area (Å²) in [5.41, 5.74) is 7.31. The Kier molecular flexibility index (Phi) is 5.80. The normalized spacial score (nSPS) is 11.1. The number of aromatic amines is 1. The SMILES string of the molecule is CC(C)Cc1cccc2c(CCNc3ccc(Nc4ccncc4)cc3)c[nH]c12. The maximum atomic E-state index is 4.04. The van der Waals surface area contributed by atoms with Gasteiger partial charge in [-0.3, -0.25) is 4.98 Å². The van der Waals surface area contributed by atoms with Crippen molar-refractivity contribution in [1.82, 2.24) is 9.97 Å². The molecule has 0 spiro atoms. The Morgan fingerprint density at radius 2 is 1.59 bits per heavy atom. The average Bonchev–Trinajstić information content (AvgIpc) is 3.14. The summed E-state index contributed by atoms with van der Waals surface area (Å²) >= 11 is 0. The summed E-state index contributed by atoms with van der Waals surface area (Å²) in [7, 11) is 0. The lowest BCUT2D eigenvalue weighted by molar-refractivity contribution is 0.649. The van der Waals surface area contributed by atoms with E-state index in [2.05, 4.69) is 83.1 Å². The van der Waals surface area contributed by atoms with Crippen LogP contribution in [0.5, 0.6) is 0 Å². The number of aromatic nitrogens is 2. The minimum atomic E-state index is 0.657. The highest BCUT2D eigenvalue weighted by molar-refractivity contribution is 5.86. The zero-order valence-corrected chi connectivity index (χ0v) is 17.1. The van der Waals surface area contributed by atoms with Crippen LogP contribution < -0.4 is 10.6 Å². The molecule has 0 unspecified atom stereocenters. The van der Waals surface area contributed by atoms with Gasteiger partial charge in [0, 0.05) is 53.1 Å². The fraction of sp³-hybridized carbons (Fsp3) is 0.240. The second kappa shape index (κ2) is 8.82. The van der Waals surface area contributed by atoms with E-state index in [-0.39, 0.29) is 0 Å². The standard InChI is InChI=1S/C25H28N4/c1-18(2)16-19-4-3-5-24-20(17-28-25(19)24)10-15-27-21-6-8-22(9-7-21)29-23-11-13-26-14-12-23/h3-9,11-14,17-18,27-28H,10,15-16H2,1-2H3,(H,26,29). The molecule has 29 heavy (non-hydrogen) atoms. The molecule has 2 heterocycles. The minimum Gasteiger partial charge on any atom is -0.385 e. The fourth-order valence-corrected chi connectivity index (χ4v) is 3.71. The van der Waals surface area contributed by atoms with Gasteiger partial charge in [0.05, 0.1) is 0 Å². The second-order valence-corrected chi connectivity index (χ2v) is 7.87. The van der Waals surface area contributed by atoms with Gasteiger partial charge in [-0.05, 0) is 66.3 Å².